The molecule has 2 fully saturated rings. The molecule has 0 saturated carbocycles. The molecule has 4 nitrogen and oxygen atoms in total. The minimum Gasteiger partial charge on any atom is -0.358 e. The van der Waals surface area contributed by atoms with Gasteiger partial charge in [0.05, 0.1) is 11.2 Å². The molecule has 1 unspecified atom stereocenters. The van der Waals surface area contributed by atoms with Gasteiger partial charge in [0.15, 0.2) is 0 Å². The van der Waals surface area contributed by atoms with E-state index in [-0.39, 0.29) is 6.23 Å². The lowest BCUT2D eigenvalue weighted by atomic mass is 10.1. The quantitative estimate of drug-likeness (QED) is 0.579. The third-order valence-corrected chi connectivity index (χ3v) is 6.12. The summed E-state index contributed by atoms with van der Waals surface area (Å²) in [6.45, 7) is 4.31. The maximum atomic E-state index is 6.04. The average molecular weight is 388 g/mol. The van der Waals surface area contributed by atoms with Gasteiger partial charge in [-0.1, -0.05) is 30.3 Å². The largest absolute Gasteiger partial charge is 0.358 e. The van der Waals surface area contributed by atoms with E-state index in [1.165, 1.54) is 60.8 Å². The zero-order valence-electron chi connectivity index (χ0n) is 17.0. The topological polar surface area (TPSA) is 30.3 Å². The molecule has 0 N–H and O–H groups in total. The summed E-state index contributed by atoms with van der Waals surface area (Å²) < 4.78 is 8.34. The van der Waals surface area contributed by atoms with Gasteiger partial charge in [0.2, 0.25) is 0 Å². The Bertz CT molecular complexity index is 977. The predicted octanol–water partition coefficient (Wildman–Crippen LogP) is 5.50. The second kappa shape index (κ2) is 8.52. The molecule has 0 spiro atoms. The number of hydrogen-bond acceptors (Lipinski definition) is 3. The molecular weight excluding hydrogens is 358 g/mol. The third-order valence-electron chi connectivity index (χ3n) is 6.12. The molecule has 2 aliphatic rings. The van der Waals surface area contributed by atoms with E-state index in [0.717, 1.165) is 25.3 Å². The van der Waals surface area contributed by atoms with Crippen LogP contribution in [-0.4, -0.2) is 34.1 Å². The number of aromatic nitrogens is 2. The van der Waals surface area contributed by atoms with Crippen LogP contribution in [0.3, 0.4) is 0 Å². The number of nitrogens with zero attached hydrogens (tertiary/aromatic N) is 3. The second-order valence-electron chi connectivity index (χ2n) is 8.24. The van der Waals surface area contributed by atoms with Crippen molar-refractivity contribution in [1.29, 1.82) is 0 Å². The van der Waals surface area contributed by atoms with Gasteiger partial charge in [-0.2, -0.15) is 0 Å². The lowest BCUT2D eigenvalue weighted by Crippen LogP contribution is -2.18. The molecule has 2 saturated heterocycles. The first-order valence-electron chi connectivity index (χ1n) is 10.9. The van der Waals surface area contributed by atoms with E-state index in [1.807, 2.05) is 6.20 Å². The molecule has 4 heteroatoms. The number of pyridine rings is 1. The molecule has 0 aliphatic carbocycles. The van der Waals surface area contributed by atoms with Crippen molar-refractivity contribution in [1.82, 2.24) is 14.5 Å². The highest BCUT2D eigenvalue weighted by Gasteiger charge is 2.18. The molecule has 2 aromatic heterocycles. The van der Waals surface area contributed by atoms with Crippen LogP contribution in [0.15, 0.2) is 48.8 Å². The third kappa shape index (κ3) is 4.14. The standard InChI is InChI=1S/C25H29N3O/c1-2-8-24-23(7-1)21(19-28(24)25-9-3-6-16-29-25)11-13-22-12-10-20(17-26-22)18-27-14-4-5-15-27/h1-2,7-8,10-13,17,19,25H,3-6,9,14-16,18H2/b13-11+. The van der Waals surface area contributed by atoms with Crippen LogP contribution in [0.25, 0.3) is 23.1 Å². The van der Waals surface area contributed by atoms with Crippen LogP contribution in [0, 0.1) is 0 Å². The molecule has 0 amide bonds. The number of benzene rings is 1. The van der Waals surface area contributed by atoms with E-state index in [4.69, 9.17) is 4.74 Å². The van der Waals surface area contributed by atoms with Crippen LogP contribution in [0.5, 0.6) is 0 Å². The van der Waals surface area contributed by atoms with Gasteiger partial charge in [-0.3, -0.25) is 9.88 Å². The Hall–Kier alpha value is -2.43. The summed E-state index contributed by atoms with van der Waals surface area (Å²) in [6, 6.07) is 12.9. The highest BCUT2D eigenvalue weighted by molar-refractivity contribution is 5.92. The molecule has 1 atom stereocenters. The van der Waals surface area contributed by atoms with Crippen molar-refractivity contribution in [3.8, 4) is 0 Å². The van der Waals surface area contributed by atoms with Crippen molar-refractivity contribution in [2.75, 3.05) is 19.7 Å². The van der Waals surface area contributed by atoms with Crippen molar-refractivity contribution in [2.45, 2.75) is 44.9 Å². The molecule has 150 valence electrons. The van der Waals surface area contributed by atoms with Gasteiger partial charge in [0.25, 0.3) is 0 Å². The Morgan fingerprint density at radius 3 is 2.69 bits per heavy atom. The zero-order chi connectivity index (χ0) is 19.5. The lowest BCUT2D eigenvalue weighted by molar-refractivity contribution is -0.0292. The predicted molar refractivity (Wildman–Crippen MR) is 118 cm³/mol. The van der Waals surface area contributed by atoms with Gasteiger partial charge in [-0.15, -0.1) is 0 Å². The van der Waals surface area contributed by atoms with Crippen molar-refractivity contribution in [3.63, 3.8) is 0 Å². The summed E-state index contributed by atoms with van der Waals surface area (Å²) in [5, 5.41) is 1.27. The fourth-order valence-corrected chi connectivity index (χ4v) is 4.55. The molecular formula is C25H29N3O. The number of ether oxygens (including phenoxy) is 1. The molecule has 5 rings (SSSR count). The van der Waals surface area contributed by atoms with E-state index in [0.29, 0.717) is 0 Å². The number of para-hydroxylation sites is 1. The normalized spacial score (nSPS) is 20.8. The molecule has 29 heavy (non-hydrogen) atoms. The van der Waals surface area contributed by atoms with E-state index >= 15 is 0 Å². The van der Waals surface area contributed by atoms with Crippen molar-refractivity contribution in [3.05, 3.63) is 65.6 Å². The first-order valence-corrected chi connectivity index (χ1v) is 10.9. The summed E-state index contributed by atoms with van der Waals surface area (Å²) in [7, 11) is 0. The summed E-state index contributed by atoms with van der Waals surface area (Å²) >= 11 is 0. The lowest BCUT2D eigenvalue weighted by Gasteiger charge is -2.24. The fraction of sp³-hybridized carbons (Fsp3) is 0.400. The first kappa shape index (κ1) is 18.6. The van der Waals surface area contributed by atoms with Gasteiger partial charge in [-0.05, 0) is 69.0 Å². The van der Waals surface area contributed by atoms with Gasteiger partial charge in [0, 0.05) is 36.5 Å². The summed E-state index contributed by atoms with van der Waals surface area (Å²) in [5.74, 6) is 0. The van der Waals surface area contributed by atoms with E-state index in [2.05, 4.69) is 69.2 Å². The van der Waals surface area contributed by atoms with Gasteiger partial charge < -0.3 is 9.30 Å². The van der Waals surface area contributed by atoms with Crippen LogP contribution in [-0.2, 0) is 11.3 Å². The zero-order valence-corrected chi connectivity index (χ0v) is 17.0. The average Bonchev–Trinajstić information content (AvgIpc) is 3.42. The highest BCUT2D eigenvalue weighted by Crippen LogP contribution is 2.31. The van der Waals surface area contributed by atoms with Crippen molar-refractivity contribution in [2.24, 2.45) is 0 Å². The Morgan fingerprint density at radius 2 is 1.90 bits per heavy atom. The molecule has 4 heterocycles. The summed E-state index contributed by atoms with van der Waals surface area (Å²) in [5.41, 5.74) is 4.77. The van der Waals surface area contributed by atoms with Crippen LogP contribution < -0.4 is 0 Å². The van der Waals surface area contributed by atoms with Crippen molar-refractivity contribution < 1.29 is 4.74 Å². The van der Waals surface area contributed by atoms with Crippen LogP contribution >= 0.6 is 0 Å². The number of fused-ring (bicyclic) bond motifs is 1. The number of likely N-dealkylation sites (tertiary alicyclic amines) is 1. The van der Waals surface area contributed by atoms with Crippen molar-refractivity contribution >= 4 is 23.1 Å². The Morgan fingerprint density at radius 1 is 1.00 bits per heavy atom. The molecule has 3 aromatic rings. The van der Waals surface area contributed by atoms with Gasteiger partial charge >= 0.3 is 0 Å². The van der Waals surface area contributed by atoms with Crippen LogP contribution in [0.2, 0.25) is 0 Å². The Balaban J connectivity index is 1.36. The van der Waals surface area contributed by atoms with Gasteiger partial charge in [0.1, 0.15) is 6.23 Å². The Kier molecular flexibility index (Phi) is 5.46. The first-order chi connectivity index (χ1) is 14.4. The number of hydrogen-bond donors (Lipinski definition) is 0. The summed E-state index contributed by atoms with van der Waals surface area (Å²) in [6.07, 6.45) is 14.9. The SMILES string of the molecule is C(=C\c1cn(C2CCCCO2)c2ccccc12)/c1ccc(CN2CCCC2)cn1. The molecule has 0 radical (unpaired) electrons. The minimum atomic E-state index is 0.152. The van der Waals surface area contributed by atoms with E-state index in [1.54, 1.807) is 0 Å². The Labute approximate surface area is 172 Å². The smallest absolute Gasteiger partial charge is 0.133 e. The fourth-order valence-electron chi connectivity index (χ4n) is 4.55. The van der Waals surface area contributed by atoms with Crippen LogP contribution in [0.1, 0.15) is 55.2 Å². The minimum absolute atomic E-state index is 0.152. The maximum Gasteiger partial charge on any atom is 0.133 e. The molecule has 2 aliphatic heterocycles. The van der Waals surface area contributed by atoms with Crippen LogP contribution in [0.4, 0.5) is 0 Å². The summed E-state index contributed by atoms with van der Waals surface area (Å²) in [4.78, 5) is 7.18. The highest BCUT2D eigenvalue weighted by atomic mass is 16.5. The monoisotopic (exact) mass is 387 g/mol. The van der Waals surface area contributed by atoms with E-state index in [9.17, 15) is 0 Å². The molecule has 0 bridgehead atoms. The maximum absolute atomic E-state index is 6.04. The molecule has 1 aromatic carbocycles. The van der Waals surface area contributed by atoms with E-state index < -0.39 is 0 Å². The van der Waals surface area contributed by atoms with Gasteiger partial charge in [-0.25, -0.2) is 0 Å². The second-order valence-corrected chi connectivity index (χ2v) is 8.24. The number of rotatable bonds is 5.